The van der Waals surface area contributed by atoms with E-state index in [2.05, 4.69) is 6.58 Å². The zero-order valence-corrected chi connectivity index (χ0v) is 12.9. The first kappa shape index (κ1) is 17.2. The monoisotopic (exact) mass is 329 g/mol. The van der Waals surface area contributed by atoms with E-state index in [1.807, 2.05) is 0 Å². The van der Waals surface area contributed by atoms with Gasteiger partial charge in [0, 0.05) is 19.0 Å². The van der Waals surface area contributed by atoms with Crippen LogP contribution in [0.3, 0.4) is 0 Å². The molecule has 0 aliphatic carbocycles. The number of hydrogen-bond acceptors (Lipinski definition) is 3. The number of rotatable bonds is 3. The summed E-state index contributed by atoms with van der Waals surface area (Å²) in [4.78, 5) is 12.4. The Hall–Kier alpha value is -2.18. The van der Waals surface area contributed by atoms with Gasteiger partial charge in [0.05, 0.1) is 14.2 Å². The molecule has 1 aromatic rings. The smallest absolute Gasteiger partial charge is 0.471 e. The summed E-state index contributed by atoms with van der Waals surface area (Å²) in [6.45, 7) is 3.61. The van der Waals surface area contributed by atoms with Crippen LogP contribution in [-0.2, 0) is 11.2 Å². The molecule has 0 saturated carbocycles. The zero-order chi connectivity index (χ0) is 17.2. The maximum Gasteiger partial charge on any atom is 0.471 e. The van der Waals surface area contributed by atoms with E-state index in [1.54, 1.807) is 18.2 Å². The Balaban J connectivity index is 2.41. The number of fused-ring (bicyclic) bond motifs is 1. The summed E-state index contributed by atoms with van der Waals surface area (Å²) < 4.78 is 48.6. The number of halogens is 3. The summed E-state index contributed by atoms with van der Waals surface area (Å²) in [5.74, 6) is -1.23. The minimum Gasteiger partial charge on any atom is -0.493 e. The van der Waals surface area contributed by atoms with Gasteiger partial charge in [0.15, 0.2) is 11.5 Å². The molecule has 1 amide bonds. The van der Waals surface area contributed by atoms with Gasteiger partial charge in [-0.1, -0.05) is 6.08 Å². The third kappa shape index (κ3) is 3.43. The van der Waals surface area contributed by atoms with Crippen LogP contribution in [0.15, 0.2) is 24.8 Å². The molecule has 7 heteroatoms. The number of alkyl halides is 3. The summed E-state index contributed by atoms with van der Waals surface area (Å²) in [7, 11) is 2.98. The van der Waals surface area contributed by atoms with E-state index in [0.717, 1.165) is 16.0 Å². The Morgan fingerprint density at radius 1 is 1.30 bits per heavy atom. The fourth-order valence-electron chi connectivity index (χ4n) is 2.75. The molecule has 2 rings (SSSR count). The van der Waals surface area contributed by atoms with E-state index in [4.69, 9.17) is 9.47 Å². The van der Waals surface area contributed by atoms with Crippen LogP contribution in [0.2, 0.25) is 0 Å². The molecule has 0 saturated heterocycles. The van der Waals surface area contributed by atoms with E-state index < -0.39 is 18.0 Å². The molecule has 0 spiro atoms. The minimum atomic E-state index is -4.88. The molecule has 0 radical (unpaired) electrons. The van der Waals surface area contributed by atoms with Crippen molar-refractivity contribution in [1.82, 2.24) is 4.90 Å². The van der Waals surface area contributed by atoms with Crippen molar-refractivity contribution in [1.29, 1.82) is 0 Å². The van der Waals surface area contributed by atoms with E-state index in [0.29, 0.717) is 17.9 Å². The third-order valence-electron chi connectivity index (χ3n) is 3.93. The van der Waals surface area contributed by atoms with E-state index in [-0.39, 0.29) is 13.1 Å². The van der Waals surface area contributed by atoms with Crippen LogP contribution in [0.5, 0.6) is 11.5 Å². The van der Waals surface area contributed by atoms with E-state index >= 15 is 0 Å². The molecule has 1 aromatic carbocycles. The van der Waals surface area contributed by atoms with E-state index in [9.17, 15) is 18.0 Å². The highest BCUT2D eigenvalue weighted by Crippen LogP contribution is 2.37. The first-order valence-corrected chi connectivity index (χ1v) is 7.05. The molecule has 1 unspecified atom stereocenters. The van der Waals surface area contributed by atoms with Crippen molar-refractivity contribution in [2.24, 2.45) is 0 Å². The maximum absolute atomic E-state index is 12.7. The molecule has 1 aliphatic heterocycles. The number of benzene rings is 1. The van der Waals surface area contributed by atoms with Gasteiger partial charge < -0.3 is 14.4 Å². The zero-order valence-electron chi connectivity index (χ0n) is 12.9. The molecule has 0 aromatic heterocycles. The normalized spacial score (nSPS) is 18.0. The van der Waals surface area contributed by atoms with Gasteiger partial charge in [-0.3, -0.25) is 4.79 Å². The van der Waals surface area contributed by atoms with Crippen LogP contribution < -0.4 is 9.47 Å². The van der Waals surface area contributed by atoms with Gasteiger partial charge in [-0.05, 0) is 29.7 Å². The second-order valence-electron chi connectivity index (χ2n) is 5.25. The molecule has 0 bridgehead atoms. The standard InChI is InChI=1S/C16H18F3NO3/c1-4-10-9-20(15(21)16(17,18)19)6-5-11-7-13(22-2)14(23-3)8-12(10)11/h4,7-8,10H,1,5-6,9H2,2-3H3. The maximum atomic E-state index is 12.7. The molecular formula is C16H18F3NO3. The van der Waals surface area contributed by atoms with Gasteiger partial charge in [-0.15, -0.1) is 6.58 Å². The Morgan fingerprint density at radius 2 is 1.91 bits per heavy atom. The van der Waals surface area contributed by atoms with Crippen molar-refractivity contribution in [3.05, 3.63) is 35.9 Å². The number of nitrogens with zero attached hydrogens (tertiary/aromatic N) is 1. The number of methoxy groups -OCH3 is 2. The summed E-state index contributed by atoms with van der Waals surface area (Å²) >= 11 is 0. The molecule has 0 N–H and O–H groups in total. The van der Waals surface area contributed by atoms with E-state index in [1.165, 1.54) is 14.2 Å². The van der Waals surface area contributed by atoms with Gasteiger partial charge in [0.25, 0.3) is 0 Å². The van der Waals surface area contributed by atoms with Crippen LogP contribution in [0, 0.1) is 0 Å². The number of carbonyl (C=O) groups excluding carboxylic acids is 1. The van der Waals surface area contributed by atoms with Gasteiger partial charge in [0.1, 0.15) is 0 Å². The molecule has 1 aliphatic rings. The second kappa shape index (κ2) is 6.52. The van der Waals surface area contributed by atoms with Crippen molar-refractivity contribution >= 4 is 5.91 Å². The topological polar surface area (TPSA) is 38.8 Å². The van der Waals surface area contributed by atoms with Gasteiger partial charge >= 0.3 is 12.1 Å². The molecule has 0 fully saturated rings. The number of carbonyl (C=O) groups is 1. The number of hydrogen-bond donors (Lipinski definition) is 0. The van der Waals surface area contributed by atoms with Crippen molar-refractivity contribution in [3.8, 4) is 11.5 Å². The number of amides is 1. The molecule has 1 heterocycles. The third-order valence-corrected chi connectivity index (χ3v) is 3.93. The summed E-state index contributed by atoms with van der Waals surface area (Å²) in [6, 6.07) is 3.48. The van der Waals surface area contributed by atoms with Crippen LogP contribution in [0.4, 0.5) is 13.2 Å². The lowest BCUT2D eigenvalue weighted by molar-refractivity contribution is -0.185. The molecule has 4 nitrogen and oxygen atoms in total. The van der Waals surface area contributed by atoms with Crippen molar-refractivity contribution in [3.63, 3.8) is 0 Å². The molecule has 1 atom stereocenters. The molecular weight excluding hydrogens is 311 g/mol. The lowest BCUT2D eigenvalue weighted by Gasteiger charge is -2.24. The van der Waals surface area contributed by atoms with Gasteiger partial charge in [0.2, 0.25) is 0 Å². The predicted octanol–water partition coefficient (Wildman–Crippen LogP) is 2.92. The summed E-state index contributed by atoms with van der Waals surface area (Å²) in [5, 5.41) is 0. The Morgan fingerprint density at radius 3 is 2.43 bits per heavy atom. The summed E-state index contributed by atoms with van der Waals surface area (Å²) in [5.41, 5.74) is 1.63. The molecule has 23 heavy (non-hydrogen) atoms. The lowest BCUT2D eigenvalue weighted by atomic mass is 9.93. The lowest BCUT2D eigenvalue weighted by Crippen LogP contribution is -2.43. The SMILES string of the molecule is C=CC1CN(C(=O)C(F)(F)F)CCc2cc(OC)c(OC)cc21. The van der Waals surface area contributed by atoms with Gasteiger partial charge in [-0.2, -0.15) is 13.2 Å². The van der Waals surface area contributed by atoms with Gasteiger partial charge in [-0.25, -0.2) is 0 Å². The number of ether oxygens (including phenoxy) is 2. The quantitative estimate of drug-likeness (QED) is 0.801. The fraction of sp³-hybridized carbons (Fsp3) is 0.438. The second-order valence-corrected chi connectivity index (χ2v) is 5.25. The first-order chi connectivity index (χ1) is 10.8. The highest BCUT2D eigenvalue weighted by atomic mass is 19.4. The largest absolute Gasteiger partial charge is 0.493 e. The van der Waals surface area contributed by atoms with Crippen LogP contribution >= 0.6 is 0 Å². The summed E-state index contributed by atoms with van der Waals surface area (Å²) in [6.07, 6.45) is -3.02. The van der Waals surface area contributed by atoms with Crippen molar-refractivity contribution < 1.29 is 27.4 Å². The average Bonchev–Trinajstić information content (AvgIpc) is 2.70. The Labute approximate surface area is 132 Å². The van der Waals surface area contributed by atoms with Crippen molar-refractivity contribution in [2.45, 2.75) is 18.5 Å². The molecule has 126 valence electrons. The Bertz CT molecular complexity index is 613. The fourth-order valence-corrected chi connectivity index (χ4v) is 2.75. The first-order valence-electron chi connectivity index (χ1n) is 7.05. The average molecular weight is 329 g/mol. The predicted molar refractivity (Wildman–Crippen MR) is 78.8 cm³/mol. The minimum absolute atomic E-state index is 0.00876. The van der Waals surface area contributed by atoms with Crippen molar-refractivity contribution in [2.75, 3.05) is 27.3 Å². The highest BCUT2D eigenvalue weighted by Gasteiger charge is 2.43. The van der Waals surface area contributed by atoms with Crippen LogP contribution in [0.25, 0.3) is 0 Å². The van der Waals surface area contributed by atoms with Crippen LogP contribution in [0.1, 0.15) is 17.0 Å². The Kier molecular flexibility index (Phi) is 4.87. The van der Waals surface area contributed by atoms with Crippen LogP contribution in [-0.4, -0.2) is 44.3 Å². The highest BCUT2D eigenvalue weighted by molar-refractivity contribution is 5.82.